The highest BCUT2D eigenvalue weighted by atomic mass is 79.9. The molecular formula is C25H19BrCl2N2O5S2. The molecule has 0 aliphatic carbocycles. The Hall–Kier alpha value is -2.63. The third kappa shape index (κ3) is 6.82. The van der Waals surface area contributed by atoms with Crippen molar-refractivity contribution >= 4 is 77.1 Å². The van der Waals surface area contributed by atoms with E-state index < -0.39 is 22.4 Å². The van der Waals surface area contributed by atoms with Crippen LogP contribution in [-0.2, 0) is 21.2 Å². The fourth-order valence-electron chi connectivity index (χ4n) is 3.40. The number of anilines is 2. The summed E-state index contributed by atoms with van der Waals surface area (Å²) in [5.74, 6) is -0.645. The molecule has 37 heavy (non-hydrogen) atoms. The fraction of sp³-hybridized carbons (Fsp3) is 0.120. The highest BCUT2D eigenvalue weighted by molar-refractivity contribution is 9.10. The van der Waals surface area contributed by atoms with E-state index in [1.165, 1.54) is 17.6 Å². The van der Waals surface area contributed by atoms with E-state index in [0.29, 0.717) is 37.6 Å². The number of halogens is 3. The van der Waals surface area contributed by atoms with Gasteiger partial charge in [-0.3, -0.25) is 0 Å². The zero-order valence-electron chi connectivity index (χ0n) is 19.2. The van der Waals surface area contributed by atoms with Crippen molar-refractivity contribution in [3.63, 3.8) is 0 Å². The smallest absolute Gasteiger partial charge is 0.341 e. The summed E-state index contributed by atoms with van der Waals surface area (Å²) in [6.07, 6.45) is 1.17. The molecule has 12 heteroatoms. The van der Waals surface area contributed by atoms with Crippen LogP contribution in [0.3, 0.4) is 0 Å². The number of ether oxygens (including phenoxy) is 1. The van der Waals surface area contributed by atoms with Crippen molar-refractivity contribution in [3.05, 3.63) is 86.1 Å². The summed E-state index contributed by atoms with van der Waals surface area (Å²) in [4.78, 5) is 17.8. The number of benzene rings is 3. The summed E-state index contributed by atoms with van der Waals surface area (Å²) in [6.45, 7) is -0.0316. The zero-order valence-corrected chi connectivity index (χ0v) is 23.9. The van der Waals surface area contributed by atoms with Crippen molar-refractivity contribution in [3.8, 4) is 17.0 Å². The van der Waals surface area contributed by atoms with Crippen LogP contribution in [0.5, 0.6) is 5.75 Å². The van der Waals surface area contributed by atoms with Gasteiger partial charge in [0.15, 0.2) is 21.6 Å². The third-order valence-corrected chi connectivity index (χ3v) is 8.55. The maximum Gasteiger partial charge on any atom is 0.341 e. The maximum atomic E-state index is 11.8. The largest absolute Gasteiger partial charge is 0.481 e. The number of carboxylic acids is 1. The number of hydrogen-bond donors (Lipinski definition) is 1. The van der Waals surface area contributed by atoms with E-state index in [-0.39, 0.29) is 4.90 Å². The van der Waals surface area contributed by atoms with Gasteiger partial charge in [0.2, 0.25) is 0 Å². The number of aromatic nitrogens is 1. The second-order valence-corrected chi connectivity index (χ2v) is 12.5. The lowest BCUT2D eigenvalue weighted by atomic mass is 10.2. The van der Waals surface area contributed by atoms with E-state index in [2.05, 4.69) is 15.9 Å². The Labute approximate surface area is 236 Å². The molecule has 0 aliphatic rings. The van der Waals surface area contributed by atoms with Crippen LogP contribution in [0.2, 0.25) is 10.0 Å². The molecule has 0 aliphatic heterocycles. The number of nitrogens with zero attached hydrogens (tertiary/aromatic N) is 2. The Balaban J connectivity index is 1.67. The highest BCUT2D eigenvalue weighted by Crippen LogP contribution is 2.37. The van der Waals surface area contributed by atoms with Gasteiger partial charge in [0.1, 0.15) is 5.75 Å². The number of sulfone groups is 1. The Morgan fingerprint density at radius 2 is 1.81 bits per heavy atom. The number of thiazole rings is 1. The summed E-state index contributed by atoms with van der Waals surface area (Å²) in [5, 5.41) is 12.3. The van der Waals surface area contributed by atoms with Crippen LogP contribution in [0.4, 0.5) is 10.8 Å². The predicted octanol–water partition coefficient (Wildman–Crippen LogP) is 7.08. The lowest BCUT2D eigenvalue weighted by Gasteiger charge is -2.23. The van der Waals surface area contributed by atoms with E-state index in [1.807, 2.05) is 28.5 Å². The molecule has 0 bridgehead atoms. The Kier molecular flexibility index (Phi) is 8.45. The molecule has 0 unspecified atom stereocenters. The Morgan fingerprint density at radius 3 is 2.43 bits per heavy atom. The standard InChI is InChI=1S/C25H19BrCl2N2O5S2/c1-37(33,34)18-6-3-16(4-7-18)22-14-36-25(29-22)30(17-5-8-20(27)21(28)11-17)12-15-2-9-23(19(26)10-15)35-13-24(31)32/h2-11,14H,12-13H2,1H3,(H,31,32). The number of carbonyl (C=O) groups is 1. The van der Waals surface area contributed by atoms with Crippen LogP contribution < -0.4 is 9.64 Å². The van der Waals surface area contributed by atoms with Gasteiger partial charge in [-0.1, -0.05) is 41.4 Å². The van der Waals surface area contributed by atoms with E-state index in [0.717, 1.165) is 16.8 Å². The second-order valence-electron chi connectivity index (χ2n) is 7.94. The van der Waals surface area contributed by atoms with Crippen LogP contribution >= 0.6 is 50.5 Å². The first-order chi connectivity index (χ1) is 17.5. The second kappa shape index (κ2) is 11.4. The van der Waals surface area contributed by atoms with Crippen molar-refractivity contribution in [2.75, 3.05) is 17.8 Å². The highest BCUT2D eigenvalue weighted by Gasteiger charge is 2.18. The van der Waals surface area contributed by atoms with Gasteiger partial charge in [0, 0.05) is 22.9 Å². The molecule has 0 saturated carbocycles. The van der Waals surface area contributed by atoms with Gasteiger partial charge in [0.25, 0.3) is 0 Å². The van der Waals surface area contributed by atoms with E-state index in [1.54, 1.807) is 42.5 Å². The van der Waals surface area contributed by atoms with Gasteiger partial charge in [0.05, 0.1) is 31.7 Å². The van der Waals surface area contributed by atoms with Crippen molar-refractivity contribution in [2.24, 2.45) is 0 Å². The topological polar surface area (TPSA) is 96.8 Å². The van der Waals surface area contributed by atoms with Crippen LogP contribution in [0.15, 0.2) is 75.4 Å². The summed E-state index contributed by atoms with van der Waals surface area (Å²) >= 11 is 17.3. The normalized spacial score (nSPS) is 11.4. The molecule has 0 radical (unpaired) electrons. The molecule has 4 rings (SSSR count). The number of aliphatic carboxylic acids is 1. The first-order valence-corrected chi connectivity index (χ1v) is 14.9. The summed E-state index contributed by atoms with van der Waals surface area (Å²) < 4.78 is 29.5. The molecule has 0 amide bonds. The zero-order chi connectivity index (χ0) is 26.7. The molecule has 0 saturated heterocycles. The molecule has 1 N–H and O–H groups in total. The molecule has 7 nitrogen and oxygen atoms in total. The number of rotatable bonds is 9. The molecule has 0 fully saturated rings. The molecule has 1 heterocycles. The molecule has 0 atom stereocenters. The Bertz CT molecular complexity index is 1560. The van der Waals surface area contributed by atoms with Gasteiger partial charge in [-0.25, -0.2) is 18.2 Å². The first kappa shape index (κ1) is 27.4. The molecule has 1 aromatic heterocycles. The van der Waals surface area contributed by atoms with Gasteiger partial charge in [-0.2, -0.15) is 0 Å². The summed E-state index contributed by atoms with van der Waals surface area (Å²) in [7, 11) is -3.29. The first-order valence-electron chi connectivity index (χ1n) is 10.6. The van der Waals surface area contributed by atoms with Gasteiger partial charge < -0.3 is 14.7 Å². The lowest BCUT2D eigenvalue weighted by Crippen LogP contribution is -2.16. The third-order valence-electron chi connectivity index (χ3n) is 5.20. The quantitative estimate of drug-likeness (QED) is 0.208. The lowest BCUT2D eigenvalue weighted by molar-refractivity contribution is -0.139. The summed E-state index contributed by atoms with van der Waals surface area (Å²) in [6, 6.07) is 17.3. The number of carboxylic acid groups (broad SMARTS) is 1. The molecule has 3 aromatic carbocycles. The molecule has 0 spiro atoms. The van der Waals surface area contributed by atoms with Gasteiger partial charge in [-0.05, 0) is 64.0 Å². The van der Waals surface area contributed by atoms with Crippen LogP contribution in [-0.4, -0.2) is 37.3 Å². The average Bonchev–Trinajstić information content (AvgIpc) is 3.33. The minimum Gasteiger partial charge on any atom is -0.481 e. The van der Waals surface area contributed by atoms with Crippen molar-refractivity contribution < 1.29 is 23.1 Å². The molecule has 192 valence electrons. The fourth-order valence-corrected chi connectivity index (χ4v) is 5.72. The van der Waals surface area contributed by atoms with Gasteiger partial charge >= 0.3 is 5.97 Å². The van der Waals surface area contributed by atoms with Gasteiger partial charge in [-0.15, -0.1) is 11.3 Å². The predicted molar refractivity (Wildman–Crippen MR) is 150 cm³/mol. The van der Waals surface area contributed by atoms with Crippen molar-refractivity contribution in [1.82, 2.24) is 4.98 Å². The van der Waals surface area contributed by atoms with E-state index in [4.69, 9.17) is 38.0 Å². The molecule has 4 aromatic rings. The SMILES string of the molecule is CS(=O)(=O)c1ccc(-c2csc(N(Cc3ccc(OCC(=O)O)c(Br)c3)c3ccc(Cl)c(Cl)c3)n2)cc1. The summed E-state index contributed by atoms with van der Waals surface area (Å²) in [5.41, 5.74) is 3.15. The number of hydrogen-bond acceptors (Lipinski definition) is 7. The van der Waals surface area contributed by atoms with Crippen molar-refractivity contribution in [1.29, 1.82) is 0 Å². The van der Waals surface area contributed by atoms with Crippen LogP contribution in [0.25, 0.3) is 11.3 Å². The minimum atomic E-state index is -3.29. The average molecular weight is 642 g/mol. The minimum absolute atomic E-state index is 0.241. The van der Waals surface area contributed by atoms with Crippen LogP contribution in [0.1, 0.15) is 5.56 Å². The van der Waals surface area contributed by atoms with Crippen molar-refractivity contribution in [2.45, 2.75) is 11.4 Å². The van der Waals surface area contributed by atoms with Crippen LogP contribution in [0, 0.1) is 0 Å². The maximum absolute atomic E-state index is 11.8. The van der Waals surface area contributed by atoms with E-state index >= 15 is 0 Å². The molecular weight excluding hydrogens is 623 g/mol. The van der Waals surface area contributed by atoms with E-state index in [9.17, 15) is 13.2 Å². The monoisotopic (exact) mass is 640 g/mol. The Morgan fingerprint density at radius 1 is 1.08 bits per heavy atom.